The van der Waals surface area contributed by atoms with Crippen molar-refractivity contribution in [2.45, 2.75) is 62.8 Å². The van der Waals surface area contributed by atoms with Crippen molar-refractivity contribution < 1.29 is 4.79 Å². The normalized spacial score (nSPS) is 25.0. The molecular weight excluding hydrogens is 439 g/mol. The fourth-order valence-electron chi connectivity index (χ4n) is 3.02. The number of allylic oxidation sites excluding steroid dienone is 3. The number of carbonyl (C=O) groups is 1. The zero-order valence-electron chi connectivity index (χ0n) is 15.7. The summed E-state index contributed by atoms with van der Waals surface area (Å²) in [7, 11) is 0. The first-order valence-corrected chi connectivity index (χ1v) is 10.2. The quantitative estimate of drug-likeness (QED) is 0.214. The van der Waals surface area contributed by atoms with Crippen LogP contribution in [-0.4, -0.2) is 27.4 Å². The first-order valence-electron chi connectivity index (χ1n) is 8.96. The molecule has 1 aliphatic carbocycles. The molecule has 2 rings (SSSR count). The zero-order chi connectivity index (χ0) is 19.3. The highest BCUT2D eigenvalue weighted by Gasteiger charge is 2.39. The van der Waals surface area contributed by atoms with Gasteiger partial charge >= 0.3 is 0 Å². The predicted molar refractivity (Wildman–Crippen MR) is 116 cm³/mol. The van der Waals surface area contributed by atoms with Crippen LogP contribution in [0.1, 0.15) is 52.9 Å². The molecule has 1 amide bonds. The molecule has 0 aromatic heterocycles. The molecule has 1 aliphatic heterocycles. The van der Waals surface area contributed by atoms with Crippen molar-refractivity contribution in [3.63, 3.8) is 0 Å². The number of halogens is 1. The molecule has 1 fully saturated rings. The summed E-state index contributed by atoms with van der Waals surface area (Å²) in [5.41, 5.74) is 7.55. The highest BCUT2D eigenvalue weighted by molar-refractivity contribution is 14.1. The van der Waals surface area contributed by atoms with E-state index < -0.39 is 5.41 Å². The van der Waals surface area contributed by atoms with Crippen LogP contribution in [-0.2, 0) is 4.79 Å². The lowest BCUT2D eigenvalue weighted by atomic mass is 9.88. The maximum absolute atomic E-state index is 12.9. The molecule has 26 heavy (non-hydrogen) atoms. The van der Waals surface area contributed by atoms with Gasteiger partial charge in [-0.15, -0.1) is 6.42 Å². The smallest absolute Gasteiger partial charge is 0.245 e. The number of aliphatic imine (C=N–C) groups is 2. The Morgan fingerprint density at radius 3 is 2.73 bits per heavy atom. The number of alkyl halides is 1. The number of nitrogens with zero attached hydrogens (tertiary/aromatic N) is 2. The van der Waals surface area contributed by atoms with Crippen LogP contribution in [0.25, 0.3) is 0 Å². The van der Waals surface area contributed by atoms with Gasteiger partial charge < -0.3 is 11.1 Å². The molecule has 0 bridgehead atoms. The largest absolute Gasteiger partial charge is 0.385 e. The Hall–Kier alpha value is -1.62. The summed E-state index contributed by atoms with van der Waals surface area (Å²) in [5.74, 6) is 2.44. The second-order valence-electron chi connectivity index (χ2n) is 7.14. The van der Waals surface area contributed by atoms with Crippen LogP contribution in [0.5, 0.6) is 0 Å². The molecule has 3 unspecified atom stereocenters. The Morgan fingerprint density at radius 1 is 1.50 bits per heavy atom. The van der Waals surface area contributed by atoms with E-state index in [1.807, 2.05) is 19.9 Å². The van der Waals surface area contributed by atoms with E-state index in [0.29, 0.717) is 9.62 Å². The summed E-state index contributed by atoms with van der Waals surface area (Å²) in [6.45, 7) is 5.57. The highest BCUT2D eigenvalue weighted by atomic mass is 127. The SMILES string of the molecule is C#CC(C)(C(=O)NC1CCCC1I)/C(N)=N\C(C1=NC=CCC1)=C(C)C. The molecule has 0 aromatic carbocycles. The molecule has 3 atom stereocenters. The maximum Gasteiger partial charge on any atom is 0.245 e. The molecule has 140 valence electrons. The number of hydrogen-bond acceptors (Lipinski definition) is 3. The molecule has 1 saturated carbocycles. The van der Waals surface area contributed by atoms with Gasteiger partial charge in [0, 0.05) is 16.2 Å². The van der Waals surface area contributed by atoms with E-state index >= 15 is 0 Å². The summed E-state index contributed by atoms with van der Waals surface area (Å²) in [5, 5.41) is 3.08. The molecule has 2 aliphatic rings. The Balaban J connectivity index is 2.28. The van der Waals surface area contributed by atoms with E-state index in [4.69, 9.17) is 12.2 Å². The molecule has 0 spiro atoms. The summed E-state index contributed by atoms with van der Waals surface area (Å²) in [6, 6.07) is 0.138. The fourth-order valence-corrected chi connectivity index (χ4v) is 4.00. The van der Waals surface area contributed by atoms with Crippen LogP contribution in [0.3, 0.4) is 0 Å². The van der Waals surface area contributed by atoms with Gasteiger partial charge in [0.2, 0.25) is 5.91 Å². The van der Waals surface area contributed by atoms with Crippen LogP contribution in [0.4, 0.5) is 0 Å². The van der Waals surface area contributed by atoms with Crippen molar-refractivity contribution >= 4 is 40.0 Å². The molecule has 0 aromatic rings. The van der Waals surface area contributed by atoms with Crippen LogP contribution >= 0.6 is 22.6 Å². The highest BCUT2D eigenvalue weighted by Crippen LogP contribution is 2.28. The number of amidine groups is 1. The van der Waals surface area contributed by atoms with Gasteiger partial charge in [0.1, 0.15) is 5.84 Å². The van der Waals surface area contributed by atoms with Crippen LogP contribution < -0.4 is 11.1 Å². The molecule has 1 heterocycles. The lowest BCUT2D eigenvalue weighted by molar-refractivity contribution is -0.125. The number of rotatable bonds is 5. The number of amides is 1. The van der Waals surface area contributed by atoms with Gasteiger partial charge in [-0.3, -0.25) is 9.79 Å². The average Bonchev–Trinajstić information content (AvgIpc) is 3.03. The second kappa shape index (κ2) is 8.85. The van der Waals surface area contributed by atoms with Crippen molar-refractivity contribution in [2.75, 3.05) is 0 Å². The van der Waals surface area contributed by atoms with E-state index in [-0.39, 0.29) is 17.8 Å². The lowest BCUT2D eigenvalue weighted by Gasteiger charge is -2.26. The summed E-state index contributed by atoms with van der Waals surface area (Å²) in [6.07, 6.45) is 14.4. The molecule has 3 N–H and O–H groups in total. The Labute approximate surface area is 169 Å². The van der Waals surface area contributed by atoms with E-state index in [2.05, 4.69) is 43.8 Å². The van der Waals surface area contributed by atoms with Gasteiger partial charge in [-0.05, 0) is 52.0 Å². The molecular formula is C20H27IN4O. The van der Waals surface area contributed by atoms with E-state index in [0.717, 1.165) is 43.4 Å². The minimum atomic E-state index is -1.29. The molecule has 5 nitrogen and oxygen atoms in total. The summed E-state index contributed by atoms with van der Waals surface area (Å²) >= 11 is 2.39. The van der Waals surface area contributed by atoms with Crippen LogP contribution in [0.2, 0.25) is 0 Å². The third-order valence-electron chi connectivity index (χ3n) is 4.87. The number of nitrogens with one attached hydrogen (secondary N) is 1. The van der Waals surface area contributed by atoms with Crippen molar-refractivity contribution in [3.05, 3.63) is 23.5 Å². The minimum absolute atomic E-state index is 0.133. The van der Waals surface area contributed by atoms with Crippen LogP contribution in [0.15, 0.2) is 33.5 Å². The lowest BCUT2D eigenvalue weighted by Crippen LogP contribution is -2.51. The number of nitrogens with two attached hydrogens (primary N) is 1. The topological polar surface area (TPSA) is 79.8 Å². The molecule has 0 saturated heterocycles. The molecule has 0 radical (unpaired) electrons. The summed E-state index contributed by atoms with van der Waals surface area (Å²) < 4.78 is 0.425. The molecule has 6 heteroatoms. The van der Waals surface area contributed by atoms with Crippen molar-refractivity contribution in [1.29, 1.82) is 0 Å². The minimum Gasteiger partial charge on any atom is -0.385 e. The monoisotopic (exact) mass is 466 g/mol. The Morgan fingerprint density at radius 2 is 2.23 bits per heavy atom. The average molecular weight is 466 g/mol. The van der Waals surface area contributed by atoms with Gasteiger partial charge in [-0.2, -0.15) is 0 Å². The van der Waals surface area contributed by atoms with E-state index in [9.17, 15) is 4.79 Å². The third kappa shape index (κ3) is 4.56. The van der Waals surface area contributed by atoms with Crippen molar-refractivity contribution in [3.8, 4) is 12.3 Å². The van der Waals surface area contributed by atoms with E-state index in [1.54, 1.807) is 13.1 Å². The first-order chi connectivity index (χ1) is 12.3. The van der Waals surface area contributed by atoms with Gasteiger partial charge in [-0.1, -0.05) is 41.0 Å². The second-order valence-corrected chi connectivity index (χ2v) is 8.74. The van der Waals surface area contributed by atoms with Gasteiger partial charge in [0.25, 0.3) is 0 Å². The standard InChI is InChI=1S/C20H27IN4O/c1-5-20(4,19(26)24-15-11-8-9-14(15)21)18(22)25-17(13(2)3)16-10-6-7-12-23-16/h1,7,12,14-15H,6,8-11H2,2-4H3,(H2,22,25)(H,24,26). The third-order valence-corrected chi connectivity index (χ3v) is 6.36. The predicted octanol–water partition coefficient (Wildman–Crippen LogP) is 3.50. The number of terminal acetylenes is 1. The summed E-state index contributed by atoms with van der Waals surface area (Å²) in [4.78, 5) is 21.9. The van der Waals surface area contributed by atoms with Crippen molar-refractivity contribution in [2.24, 2.45) is 21.1 Å². The van der Waals surface area contributed by atoms with E-state index in [1.165, 1.54) is 0 Å². The zero-order valence-corrected chi connectivity index (χ0v) is 17.8. The Kier molecular flexibility index (Phi) is 7.04. The Bertz CT molecular complexity index is 725. The van der Waals surface area contributed by atoms with Gasteiger partial charge in [0.15, 0.2) is 5.41 Å². The van der Waals surface area contributed by atoms with Crippen LogP contribution in [0, 0.1) is 17.8 Å². The number of hydrogen-bond donors (Lipinski definition) is 2. The van der Waals surface area contributed by atoms with Crippen molar-refractivity contribution in [1.82, 2.24) is 5.32 Å². The van der Waals surface area contributed by atoms with Gasteiger partial charge in [0.05, 0.1) is 11.4 Å². The number of carbonyl (C=O) groups excluding carboxylic acids is 1. The van der Waals surface area contributed by atoms with Gasteiger partial charge in [-0.25, -0.2) is 4.99 Å². The maximum atomic E-state index is 12.9. The fraction of sp³-hybridized carbons (Fsp3) is 0.550. The first kappa shape index (κ1) is 20.7.